The lowest BCUT2D eigenvalue weighted by molar-refractivity contribution is 0.629. The van der Waals surface area contributed by atoms with Gasteiger partial charge in [0.15, 0.2) is 5.82 Å². The average Bonchev–Trinajstić information content (AvgIpc) is 2.82. The molecule has 3 rings (SSSR count). The Balaban J connectivity index is 1.64. The fourth-order valence-electron chi connectivity index (χ4n) is 2.72. The minimum Gasteiger partial charge on any atom is -0.205 e. The minimum atomic E-state index is -0.476. The van der Waals surface area contributed by atoms with E-state index in [4.69, 9.17) is 0 Å². The third-order valence-corrected chi connectivity index (χ3v) is 4.57. The maximum Gasteiger partial charge on any atom is 0.150 e. The molecule has 0 aliphatic carbocycles. The van der Waals surface area contributed by atoms with Gasteiger partial charge in [-0.05, 0) is 85.4 Å². The third kappa shape index (κ3) is 7.09. The summed E-state index contributed by atoms with van der Waals surface area (Å²) in [7, 11) is 0. The summed E-state index contributed by atoms with van der Waals surface area (Å²) in [5.74, 6) is 18.2. The molecular formula is C29H20FNS. The van der Waals surface area contributed by atoms with Gasteiger partial charge in [0.1, 0.15) is 5.69 Å². The van der Waals surface area contributed by atoms with Gasteiger partial charge in [-0.3, -0.25) is 0 Å². The van der Waals surface area contributed by atoms with Crippen LogP contribution in [-0.4, -0.2) is 5.16 Å². The van der Waals surface area contributed by atoms with Crippen LogP contribution in [0, 0.1) is 41.3 Å². The van der Waals surface area contributed by atoms with Crippen molar-refractivity contribution in [2.24, 2.45) is 4.99 Å². The second-order valence-electron chi connectivity index (χ2n) is 6.93. The van der Waals surface area contributed by atoms with E-state index in [1.165, 1.54) is 12.1 Å². The van der Waals surface area contributed by atoms with Crippen LogP contribution in [0.5, 0.6) is 0 Å². The molecule has 154 valence electrons. The Morgan fingerprint density at radius 1 is 0.719 bits per heavy atom. The highest BCUT2D eigenvalue weighted by Crippen LogP contribution is 2.18. The lowest BCUT2D eigenvalue weighted by Gasteiger charge is -1.96. The van der Waals surface area contributed by atoms with Crippen molar-refractivity contribution in [3.63, 3.8) is 0 Å². The number of halogens is 1. The Bertz CT molecular complexity index is 1310. The highest BCUT2D eigenvalue weighted by atomic mass is 32.1. The first-order valence-electron chi connectivity index (χ1n) is 10.3. The normalized spacial score (nSPS) is 9.19. The van der Waals surface area contributed by atoms with Crippen LogP contribution in [0.1, 0.15) is 54.0 Å². The summed E-state index contributed by atoms with van der Waals surface area (Å²) in [6, 6.07) is 20.2. The Kier molecular flexibility index (Phi) is 8.57. The van der Waals surface area contributed by atoms with Gasteiger partial charge < -0.3 is 0 Å². The predicted molar refractivity (Wildman–Crippen MR) is 132 cm³/mol. The maximum atomic E-state index is 13.9. The van der Waals surface area contributed by atoms with Crippen molar-refractivity contribution in [2.45, 2.75) is 26.2 Å². The molecule has 0 saturated heterocycles. The van der Waals surface area contributed by atoms with Gasteiger partial charge in [0.05, 0.1) is 5.16 Å². The summed E-state index contributed by atoms with van der Waals surface area (Å²) in [6.45, 7) is 2.16. The SMILES string of the molecule is CCCCC#Cc1ccc(C#Cc2ccc(C#Cc3ccc(N=C=S)c(F)c3)cc2)cc1. The summed E-state index contributed by atoms with van der Waals surface area (Å²) in [4.78, 5) is 3.66. The van der Waals surface area contributed by atoms with E-state index in [2.05, 4.69) is 64.8 Å². The molecule has 0 aromatic heterocycles. The van der Waals surface area contributed by atoms with Crippen molar-refractivity contribution >= 4 is 23.1 Å². The number of benzene rings is 3. The molecule has 0 saturated carbocycles. The van der Waals surface area contributed by atoms with E-state index in [0.29, 0.717) is 5.56 Å². The Morgan fingerprint density at radius 2 is 1.19 bits per heavy atom. The summed E-state index contributed by atoms with van der Waals surface area (Å²) in [5, 5.41) is 2.16. The van der Waals surface area contributed by atoms with Crippen LogP contribution in [0.4, 0.5) is 10.1 Å². The van der Waals surface area contributed by atoms with Crippen molar-refractivity contribution in [2.75, 3.05) is 0 Å². The quantitative estimate of drug-likeness (QED) is 0.189. The fraction of sp³-hybridized carbons (Fsp3) is 0.138. The molecule has 0 atom stereocenters. The molecule has 1 nitrogen and oxygen atoms in total. The van der Waals surface area contributed by atoms with Crippen molar-refractivity contribution in [3.05, 3.63) is 100 Å². The summed E-state index contributed by atoms with van der Waals surface area (Å²) >= 11 is 4.50. The van der Waals surface area contributed by atoms with Crippen molar-refractivity contribution in [3.8, 4) is 35.5 Å². The highest BCUT2D eigenvalue weighted by Gasteiger charge is 2.00. The zero-order valence-corrected chi connectivity index (χ0v) is 18.5. The van der Waals surface area contributed by atoms with E-state index >= 15 is 0 Å². The first-order valence-corrected chi connectivity index (χ1v) is 10.7. The van der Waals surface area contributed by atoms with Crippen LogP contribution in [0.15, 0.2) is 71.7 Å². The van der Waals surface area contributed by atoms with Gasteiger partial charge >= 0.3 is 0 Å². The molecule has 0 spiro atoms. The predicted octanol–water partition coefficient (Wildman–Crippen LogP) is 6.90. The molecule has 0 amide bonds. The van der Waals surface area contributed by atoms with E-state index in [1.807, 2.05) is 48.5 Å². The van der Waals surface area contributed by atoms with Gasteiger partial charge in [-0.15, -0.1) is 0 Å². The van der Waals surface area contributed by atoms with E-state index in [9.17, 15) is 4.39 Å². The molecule has 3 heteroatoms. The molecule has 0 N–H and O–H groups in total. The smallest absolute Gasteiger partial charge is 0.150 e. The molecule has 0 radical (unpaired) electrons. The average molecular weight is 434 g/mol. The number of hydrogen-bond donors (Lipinski definition) is 0. The lowest BCUT2D eigenvalue weighted by atomic mass is 10.1. The van der Waals surface area contributed by atoms with Crippen molar-refractivity contribution in [1.29, 1.82) is 0 Å². The van der Waals surface area contributed by atoms with E-state index in [0.717, 1.165) is 41.5 Å². The Labute approximate surface area is 194 Å². The number of thiocarbonyl (C=S) groups is 1. The number of unbranched alkanes of at least 4 members (excludes halogenated alkanes) is 2. The zero-order chi connectivity index (χ0) is 22.6. The van der Waals surface area contributed by atoms with Crippen LogP contribution in [0.25, 0.3) is 0 Å². The van der Waals surface area contributed by atoms with E-state index in [-0.39, 0.29) is 5.69 Å². The summed E-state index contributed by atoms with van der Waals surface area (Å²) < 4.78 is 13.9. The third-order valence-electron chi connectivity index (χ3n) is 4.47. The number of isothiocyanates is 1. The topological polar surface area (TPSA) is 12.4 Å². The molecular weight excluding hydrogens is 413 g/mol. The molecule has 0 unspecified atom stereocenters. The van der Waals surface area contributed by atoms with Crippen molar-refractivity contribution < 1.29 is 4.39 Å². The van der Waals surface area contributed by atoms with Crippen molar-refractivity contribution in [1.82, 2.24) is 0 Å². The standard InChI is InChI=1S/C29H20FNS/c1-2-3-4-5-6-23-7-9-24(10-8-23)11-12-25-13-15-26(16-14-25)17-18-27-19-20-29(31-22-32)28(30)21-27/h7-10,13-16,19-21H,2-4H2,1H3. The van der Waals surface area contributed by atoms with Gasteiger partial charge in [-0.25, -0.2) is 4.39 Å². The maximum absolute atomic E-state index is 13.9. The fourth-order valence-corrected chi connectivity index (χ4v) is 2.82. The van der Waals surface area contributed by atoms with Crippen LogP contribution in [0.2, 0.25) is 0 Å². The number of nitrogens with zero attached hydrogens (tertiary/aromatic N) is 1. The number of aliphatic imine (C=N–C) groups is 1. The molecule has 0 bridgehead atoms. The van der Waals surface area contributed by atoms with E-state index < -0.39 is 5.82 Å². The highest BCUT2D eigenvalue weighted by molar-refractivity contribution is 7.78. The molecule has 3 aromatic carbocycles. The number of hydrogen-bond acceptors (Lipinski definition) is 2. The molecule has 32 heavy (non-hydrogen) atoms. The molecule has 0 fully saturated rings. The van der Waals surface area contributed by atoms with Gasteiger partial charge in [-0.2, -0.15) is 4.99 Å². The lowest BCUT2D eigenvalue weighted by Crippen LogP contribution is -1.81. The van der Waals surface area contributed by atoms with Gasteiger partial charge in [0.25, 0.3) is 0 Å². The van der Waals surface area contributed by atoms with Crippen LogP contribution >= 0.6 is 12.2 Å². The Hall–Kier alpha value is -3.93. The zero-order valence-electron chi connectivity index (χ0n) is 17.7. The Morgan fingerprint density at radius 3 is 1.66 bits per heavy atom. The van der Waals surface area contributed by atoms with E-state index in [1.54, 1.807) is 6.07 Å². The summed E-state index contributed by atoms with van der Waals surface area (Å²) in [5.41, 5.74) is 4.39. The summed E-state index contributed by atoms with van der Waals surface area (Å²) in [6.07, 6.45) is 3.23. The molecule has 0 aliphatic heterocycles. The van der Waals surface area contributed by atoms with Gasteiger partial charge in [0, 0.05) is 34.2 Å². The monoisotopic (exact) mass is 433 g/mol. The van der Waals surface area contributed by atoms with Crippen LogP contribution in [-0.2, 0) is 0 Å². The second kappa shape index (κ2) is 12.1. The first kappa shape index (κ1) is 22.7. The molecule has 0 aliphatic rings. The molecule has 0 heterocycles. The molecule has 3 aromatic rings. The number of rotatable bonds is 3. The second-order valence-corrected chi connectivity index (χ2v) is 7.11. The minimum absolute atomic E-state index is 0.156. The van der Waals surface area contributed by atoms with Crippen LogP contribution < -0.4 is 0 Å². The van der Waals surface area contributed by atoms with Crippen LogP contribution in [0.3, 0.4) is 0 Å². The van der Waals surface area contributed by atoms with Gasteiger partial charge in [-0.1, -0.05) is 48.9 Å². The largest absolute Gasteiger partial charge is 0.205 e. The van der Waals surface area contributed by atoms with Gasteiger partial charge in [0.2, 0.25) is 0 Å². The first-order chi connectivity index (χ1) is 15.7.